The number of carbonyl (C=O) groups is 2. The number of amides is 1. The Morgan fingerprint density at radius 1 is 1.33 bits per heavy atom. The fraction of sp³-hybridized carbons (Fsp3) is 0.458. The van der Waals surface area contributed by atoms with Gasteiger partial charge in [-0.15, -0.1) is 0 Å². The molecule has 0 atom stereocenters. The molecule has 176 valence electrons. The Morgan fingerprint density at radius 2 is 2.06 bits per heavy atom. The summed E-state index contributed by atoms with van der Waals surface area (Å²) in [5.41, 5.74) is -1.19. The molecule has 9 heteroatoms. The van der Waals surface area contributed by atoms with Crippen LogP contribution in [0.2, 0.25) is 5.02 Å². The highest BCUT2D eigenvalue weighted by Gasteiger charge is 2.51. The number of likely N-dealkylation sites (N-methyl/N-ethyl adjacent to an activating group) is 1. The van der Waals surface area contributed by atoms with Gasteiger partial charge in [-0.25, -0.2) is 4.39 Å². The van der Waals surface area contributed by atoms with Crippen LogP contribution in [0.1, 0.15) is 52.1 Å². The van der Waals surface area contributed by atoms with E-state index in [4.69, 9.17) is 16.3 Å². The Hall–Kier alpha value is -2.71. The fourth-order valence-electron chi connectivity index (χ4n) is 5.16. The van der Waals surface area contributed by atoms with Crippen LogP contribution in [0.3, 0.4) is 0 Å². The predicted octanol–water partition coefficient (Wildman–Crippen LogP) is 3.39. The van der Waals surface area contributed by atoms with Gasteiger partial charge in [0.1, 0.15) is 5.82 Å². The second-order valence-electron chi connectivity index (χ2n) is 9.04. The molecule has 1 aliphatic heterocycles. The number of Topliss-reactive ketones (excluding diaryl/α,β-unsaturated/α-hetero) is 1. The summed E-state index contributed by atoms with van der Waals surface area (Å²) in [4.78, 5) is 40.0. The molecular formula is C24H26ClFN2O5. The number of nitrogens with zero attached hydrogens (tertiary/aromatic N) is 2. The van der Waals surface area contributed by atoms with Crippen LogP contribution in [-0.4, -0.2) is 53.6 Å². The van der Waals surface area contributed by atoms with Gasteiger partial charge in [0.2, 0.25) is 5.43 Å². The molecule has 0 radical (unpaired) electrons. The first-order valence-corrected chi connectivity index (χ1v) is 11.3. The lowest BCUT2D eigenvalue weighted by atomic mass is 9.67. The number of hydrogen-bond donors (Lipinski definition) is 1. The number of fused-ring (bicyclic) bond motifs is 2. The summed E-state index contributed by atoms with van der Waals surface area (Å²) in [5.74, 6) is -1.84. The van der Waals surface area contributed by atoms with E-state index >= 15 is 0 Å². The quantitative estimate of drug-likeness (QED) is 0.619. The van der Waals surface area contributed by atoms with Gasteiger partial charge in [-0.3, -0.25) is 14.4 Å². The maximum Gasteiger partial charge on any atom is 0.274 e. The van der Waals surface area contributed by atoms with Crippen LogP contribution in [0.4, 0.5) is 4.39 Å². The van der Waals surface area contributed by atoms with Crippen LogP contribution in [0.5, 0.6) is 5.75 Å². The third-order valence-electron chi connectivity index (χ3n) is 6.70. The minimum atomic E-state index is -0.855. The average Bonchev–Trinajstić information content (AvgIpc) is 2.75. The van der Waals surface area contributed by atoms with E-state index < -0.39 is 34.2 Å². The van der Waals surface area contributed by atoms with Gasteiger partial charge in [0.05, 0.1) is 16.1 Å². The van der Waals surface area contributed by atoms with Gasteiger partial charge in [-0.1, -0.05) is 23.7 Å². The summed E-state index contributed by atoms with van der Waals surface area (Å²) in [7, 11) is 3.26. The molecule has 33 heavy (non-hydrogen) atoms. The van der Waals surface area contributed by atoms with Crippen LogP contribution in [0, 0.1) is 11.7 Å². The molecule has 0 unspecified atom stereocenters. The molecule has 1 amide bonds. The molecule has 1 spiro atoms. The fourth-order valence-corrected chi connectivity index (χ4v) is 5.35. The van der Waals surface area contributed by atoms with Crippen molar-refractivity contribution in [1.29, 1.82) is 0 Å². The summed E-state index contributed by atoms with van der Waals surface area (Å²) in [6.07, 6.45) is 3.41. The number of aromatic nitrogens is 1. The van der Waals surface area contributed by atoms with Gasteiger partial charge in [0.15, 0.2) is 17.2 Å². The van der Waals surface area contributed by atoms with Gasteiger partial charge >= 0.3 is 0 Å². The maximum atomic E-state index is 14.1. The SMILES string of the molecule is COCC1CC2(C1)CN(C)C(=O)c1c(O)c(=O)c(C(=O)CCCc3cccc(Cl)c3F)cn12. The van der Waals surface area contributed by atoms with E-state index in [1.165, 1.54) is 17.2 Å². The van der Waals surface area contributed by atoms with Crippen LogP contribution in [0.25, 0.3) is 0 Å². The number of carbonyl (C=O) groups excluding carboxylic acids is 2. The van der Waals surface area contributed by atoms with Gasteiger partial charge in [-0.2, -0.15) is 0 Å². The topological polar surface area (TPSA) is 88.8 Å². The maximum absolute atomic E-state index is 14.1. The Balaban J connectivity index is 1.60. The minimum absolute atomic E-state index is 0.00682. The number of aromatic hydroxyl groups is 1. The van der Waals surface area contributed by atoms with E-state index in [-0.39, 0.29) is 35.0 Å². The molecule has 4 rings (SSSR count). The highest BCUT2D eigenvalue weighted by atomic mass is 35.5. The molecule has 1 N–H and O–H groups in total. The van der Waals surface area contributed by atoms with Crippen molar-refractivity contribution in [3.63, 3.8) is 0 Å². The molecule has 1 aliphatic carbocycles. The molecule has 1 saturated carbocycles. The van der Waals surface area contributed by atoms with Gasteiger partial charge in [-0.05, 0) is 43.2 Å². The first kappa shape index (κ1) is 23.4. The number of pyridine rings is 1. The van der Waals surface area contributed by atoms with Crippen molar-refractivity contribution in [2.24, 2.45) is 5.92 Å². The Labute approximate surface area is 195 Å². The molecule has 1 fully saturated rings. The lowest BCUT2D eigenvalue weighted by Crippen LogP contribution is -2.60. The van der Waals surface area contributed by atoms with E-state index in [1.54, 1.807) is 30.9 Å². The van der Waals surface area contributed by atoms with Gasteiger partial charge < -0.3 is 19.3 Å². The molecule has 0 saturated heterocycles. The standard InChI is InChI=1S/C24H26ClFN2O5/c1-27-13-24(9-14(10-24)12-33-2)28-11-16(21(30)22(31)20(28)23(27)32)18(29)8-4-6-15-5-3-7-17(25)19(15)26/h3,5,7,11,14,31H,4,6,8-10,12-13H2,1-2H3. The number of halogens is 2. The Bertz CT molecular complexity index is 1170. The van der Waals surface area contributed by atoms with Crippen molar-refractivity contribution in [2.45, 2.75) is 37.6 Å². The number of methoxy groups -OCH3 is 1. The van der Waals surface area contributed by atoms with Crippen LogP contribution >= 0.6 is 11.6 Å². The van der Waals surface area contributed by atoms with Crippen LogP contribution < -0.4 is 5.43 Å². The second-order valence-corrected chi connectivity index (χ2v) is 9.45. The van der Waals surface area contributed by atoms with Crippen molar-refractivity contribution in [2.75, 3.05) is 27.3 Å². The van der Waals surface area contributed by atoms with Crippen molar-refractivity contribution in [3.05, 3.63) is 62.3 Å². The number of hydrogen-bond acceptors (Lipinski definition) is 5. The van der Waals surface area contributed by atoms with Gasteiger partial charge in [0, 0.05) is 39.9 Å². The largest absolute Gasteiger partial charge is 0.503 e. The molecule has 1 aromatic heterocycles. The van der Waals surface area contributed by atoms with Crippen LogP contribution in [0.15, 0.2) is 29.2 Å². The monoisotopic (exact) mass is 476 g/mol. The number of rotatable bonds is 7. The zero-order chi connectivity index (χ0) is 23.9. The smallest absolute Gasteiger partial charge is 0.274 e. The molecule has 1 aromatic carbocycles. The summed E-state index contributed by atoms with van der Waals surface area (Å²) in [6, 6.07) is 4.69. The lowest BCUT2D eigenvalue weighted by molar-refractivity contribution is -0.0190. The third-order valence-corrected chi connectivity index (χ3v) is 6.99. The average molecular weight is 477 g/mol. The summed E-state index contributed by atoms with van der Waals surface area (Å²) >= 11 is 5.80. The molecule has 2 aliphatic rings. The number of ether oxygens (including phenoxy) is 1. The van der Waals surface area contributed by atoms with Crippen molar-refractivity contribution in [3.8, 4) is 5.75 Å². The first-order valence-electron chi connectivity index (χ1n) is 10.9. The minimum Gasteiger partial charge on any atom is -0.503 e. The van der Waals surface area contributed by atoms with E-state index in [2.05, 4.69) is 0 Å². The summed E-state index contributed by atoms with van der Waals surface area (Å²) < 4.78 is 21.0. The lowest BCUT2D eigenvalue weighted by Gasteiger charge is -2.54. The van der Waals surface area contributed by atoms with Crippen molar-refractivity contribution >= 4 is 23.3 Å². The van der Waals surface area contributed by atoms with E-state index in [0.717, 1.165) is 0 Å². The number of ketones is 1. The van der Waals surface area contributed by atoms with Crippen molar-refractivity contribution in [1.82, 2.24) is 9.47 Å². The zero-order valence-electron chi connectivity index (χ0n) is 18.6. The normalized spacial score (nSPS) is 21.8. The zero-order valence-corrected chi connectivity index (χ0v) is 19.3. The Kier molecular flexibility index (Phi) is 6.33. The van der Waals surface area contributed by atoms with E-state index in [1.807, 2.05) is 0 Å². The molecular weight excluding hydrogens is 451 g/mol. The highest BCUT2D eigenvalue weighted by Crippen LogP contribution is 2.48. The van der Waals surface area contributed by atoms with E-state index in [0.29, 0.717) is 38.0 Å². The second kappa shape index (κ2) is 8.91. The molecule has 2 heterocycles. The van der Waals surface area contributed by atoms with Gasteiger partial charge in [0.25, 0.3) is 5.91 Å². The number of aryl methyl sites for hydroxylation is 1. The highest BCUT2D eigenvalue weighted by molar-refractivity contribution is 6.30. The molecule has 2 aromatic rings. The molecule has 7 nitrogen and oxygen atoms in total. The summed E-state index contributed by atoms with van der Waals surface area (Å²) in [6.45, 7) is 0.996. The first-order chi connectivity index (χ1) is 15.7. The third kappa shape index (κ3) is 4.06. The van der Waals surface area contributed by atoms with Crippen molar-refractivity contribution < 1.29 is 23.8 Å². The molecule has 0 bridgehead atoms. The summed E-state index contributed by atoms with van der Waals surface area (Å²) in [5, 5.41) is 10.6. The number of benzene rings is 1. The predicted molar refractivity (Wildman–Crippen MR) is 121 cm³/mol. The van der Waals surface area contributed by atoms with Crippen LogP contribution in [-0.2, 0) is 16.7 Å². The Morgan fingerprint density at radius 3 is 2.76 bits per heavy atom. The van der Waals surface area contributed by atoms with E-state index in [9.17, 15) is 23.9 Å².